The monoisotopic (exact) mass is 1280 g/mol. The number of ketones is 1. The highest BCUT2D eigenvalue weighted by molar-refractivity contribution is 5.99. The molecule has 0 fully saturated rings. The molecule has 4 aromatic carbocycles. The molecule has 11 amide bonds. The van der Waals surface area contributed by atoms with Crippen LogP contribution in [-0.4, -0.2) is 160 Å². The smallest absolute Gasteiger partial charge is 0.334 e. The van der Waals surface area contributed by atoms with Gasteiger partial charge in [-0.2, -0.15) is 0 Å². The average molecular weight is 1280 g/mol. The first-order chi connectivity index (χ1) is 44.4. The summed E-state index contributed by atoms with van der Waals surface area (Å²) >= 11 is 0. The number of para-hydroxylation sites is 2. The van der Waals surface area contributed by atoms with E-state index in [2.05, 4.69) is 73.7 Å². The predicted molar refractivity (Wildman–Crippen MR) is 345 cm³/mol. The van der Waals surface area contributed by atoms with Crippen molar-refractivity contribution < 1.29 is 63.0 Å². The Labute approximate surface area is 535 Å². The number of aliphatic imine (C=N–C) groups is 1. The number of carbonyl (C=O) groups is 11. The zero-order chi connectivity index (χ0) is 67.7. The van der Waals surface area contributed by atoms with Crippen LogP contribution in [0.4, 0.5) is 4.79 Å². The Kier molecular flexibility index (Phi) is 26.8. The van der Waals surface area contributed by atoms with Gasteiger partial charge in [0.25, 0.3) is 5.91 Å². The summed E-state index contributed by atoms with van der Waals surface area (Å²) in [6, 6.07) is 16.2. The molecule has 2 aromatic heterocycles. The molecule has 0 saturated carbocycles. The zero-order valence-corrected chi connectivity index (χ0v) is 52.2. The summed E-state index contributed by atoms with van der Waals surface area (Å²) in [5.74, 6) is -8.72. The van der Waals surface area contributed by atoms with Crippen molar-refractivity contribution in [1.29, 1.82) is 0 Å². The first-order valence-corrected chi connectivity index (χ1v) is 30.1. The van der Waals surface area contributed by atoms with Crippen LogP contribution in [0.1, 0.15) is 75.6 Å². The number of carbonyl (C=O) groups excluding carboxylic acids is 11. The van der Waals surface area contributed by atoms with Gasteiger partial charge in [-0.05, 0) is 78.6 Å². The molecule has 6 aromatic rings. The largest absolute Gasteiger partial charge is 0.508 e. The first kappa shape index (κ1) is 71.2. The van der Waals surface area contributed by atoms with Crippen molar-refractivity contribution >= 4 is 92.7 Å². The molecular formula is C64H82N16O13. The van der Waals surface area contributed by atoms with Gasteiger partial charge in [0.2, 0.25) is 47.3 Å². The van der Waals surface area contributed by atoms with Gasteiger partial charge in [0.05, 0.1) is 19.1 Å². The molecule has 0 radical (unpaired) electrons. The molecule has 2 heterocycles. The molecule has 0 bridgehead atoms. The molecule has 19 N–H and O–H groups in total. The number of benzene rings is 4. The van der Waals surface area contributed by atoms with E-state index in [1.165, 1.54) is 33.0 Å². The van der Waals surface area contributed by atoms with Gasteiger partial charge in [-0.15, -0.1) is 0 Å². The number of urea groups is 1. The fourth-order valence-electron chi connectivity index (χ4n) is 10.1. The molecule has 0 spiro atoms. The number of Topliss-reactive ketones (excluding diaryl/α,β-unsaturated/α-hetero) is 1. The van der Waals surface area contributed by atoms with E-state index in [1.807, 2.05) is 24.3 Å². The van der Waals surface area contributed by atoms with Crippen LogP contribution in [0.15, 0.2) is 121 Å². The standard InChI is InChI=1S/C64H82N16O13/c1-35(2)26-49(57(87)72-47(20-13-25-68-63(66)67-5)56(86)73-48(36(3)82)29-40-32-69-45-18-11-9-16-43(40)45)78-64(93)80-79-62(92)51(27-38-14-7-6-8-15-38)74-61(91)54(34-81)77-60(90)53(31-55(65)85)76-59(89)52(30-41-33-70-46-19-12-10-17-44(41)46)75-58(88)50(71-37(4)83)28-39-21-23-42(84)24-22-39/h6-12,14-19,21-24,32-33,35,47-54,69-70,81,84H,13,20,25-31,34H2,1-5H3,(H2,65,85)(H,71,83)(H,72,87)(H,73,86)(H,74,91)(H,75,88)(H,76,89)(H,77,90)(H,79,92)(H3,66,67,68)(H2,78,80,93)/t47-,48-,49-,50+,51-,52+,53-,54-/m0/s1. The summed E-state index contributed by atoms with van der Waals surface area (Å²) < 4.78 is 0. The number of fused-ring (bicyclic) bond motifs is 2. The van der Waals surface area contributed by atoms with Crippen LogP contribution in [0.25, 0.3) is 21.8 Å². The number of nitrogens with one attached hydrogen (secondary N) is 13. The van der Waals surface area contributed by atoms with Crippen molar-refractivity contribution in [3.05, 3.63) is 138 Å². The van der Waals surface area contributed by atoms with Crippen molar-refractivity contribution in [3.8, 4) is 5.75 Å². The Hall–Kier alpha value is -10.8. The maximum Gasteiger partial charge on any atom is 0.334 e. The third-order valence-electron chi connectivity index (χ3n) is 15.0. The lowest BCUT2D eigenvalue weighted by atomic mass is 10.0. The van der Waals surface area contributed by atoms with Crippen LogP contribution >= 0.6 is 0 Å². The van der Waals surface area contributed by atoms with Gasteiger partial charge < -0.3 is 79.5 Å². The number of nitrogens with zero attached hydrogens (tertiary/aromatic N) is 1. The number of guanidine groups is 1. The first-order valence-electron chi connectivity index (χ1n) is 30.1. The topological polar surface area (TPSA) is 457 Å². The molecule has 0 aliphatic heterocycles. The Morgan fingerprint density at radius 2 is 0.968 bits per heavy atom. The van der Waals surface area contributed by atoms with Gasteiger partial charge in [0.15, 0.2) is 11.7 Å². The summed E-state index contributed by atoms with van der Waals surface area (Å²) in [7, 11) is 1.49. The minimum absolute atomic E-state index is 0.0381. The Bertz CT molecular complexity index is 3630. The molecular weight excluding hydrogens is 1200 g/mol. The second-order valence-electron chi connectivity index (χ2n) is 22.7. The number of hydrogen-bond donors (Lipinski definition) is 17. The summed E-state index contributed by atoms with van der Waals surface area (Å²) in [5, 5.41) is 45.3. The molecule has 0 saturated heterocycles. The van der Waals surface area contributed by atoms with Crippen molar-refractivity contribution in [3.63, 3.8) is 0 Å². The zero-order valence-electron chi connectivity index (χ0n) is 52.2. The number of aromatic nitrogens is 2. The van der Waals surface area contributed by atoms with E-state index in [0.29, 0.717) is 34.0 Å². The summed E-state index contributed by atoms with van der Waals surface area (Å²) in [5.41, 5.74) is 19.7. The predicted octanol–water partition coefficient (Wildman–Crippen LogP) is -0.445. The van der Waals surface area contributed by atoms with Crippen LogP contribution in [0.3, 0.4) is 0 Å². The van der Waals surface area contributed by atoms with E-state index in [1.54, 1.807) is 93.0 Å². The van der Waals surface area contributed by atoms with E-state index < -0.39 is 121 Å². The second kappa shape index (κ2) is 34.9. The number of hydrogen-bond acceptors (Lipinski definition) is 14. The third-order valence-corrected chi connectivity index (χ3v) is 15.0. The second-order valence-corrected chi connectivity index (χ2v) is 22.7. The fourth-order valence-corrected chi connectivity index (χ4v) is 10.1. The highest BCUT2D eigenvalue weighted by Crippen LogP contribution is 2.22. The van der Waals surface area contributed by atoms with E-state index in [9.17, 15) is 63.0 Å². The van der Waals surface area contributed by atoms with E-state index in [0.717, 1.165) is 16.5 Å². The molecule has 0 aliphatic carbocycles. The van der Waals surface area contributed by atoms with Crippen molar-refractivity contribution in [1.82, 2.24) is 68.7 Å². The van der Waals surface area contributed by atoms with E-state index in [-0.39, 0.29) is 68.5 Å². The maximum absolute atomic E-state index is 14.4. The van der Waals surface area contributed by atoms with Crippen LogP contribution in [0.5, 0.6) is 5.75 Å². The fraction of sp³-hybridized carbons (Fsp3) is 0.375. The van der Waals surface area contributed by atoms with Crippen LogP contribution in [0, 0.1) is 5.92 Å². The lowest BCUT2D eigenvalue weighted by molar-refractivity contribution is -0.136. The van der Waals surface area contributed by atoms with Crippen LogP contribution < -0.4 is 70.2 Å². The molecule has 6 rings (SSSR count). The number of H-pyrrole nitrogens is 2. The lowest BCUT2D eigenvalue weighted by Crippen LogP contribution is -2.62. The van der Waals surface area contributed by atoms with Gasteiger partial charge in [-0.1, -0.05) is 92.7 Å². The number of primary amides is 1. The highest BCUT2D eigenvalue weighted by atomic mass is 16.3. The number of aromatic amines is 2. The van der Waals surface area contributed by atoms with Crippen molar-refractivity contribution in [2.45, 2.75) is 127 Å². The highest BCUT2D eigenvalue weighted by Gasteiger charge is 2.35. The number of phenols is 1. The Balaban J connectivity index is 1.14. The van der Waals surface area contributed by atoms with Gasteiger partial charge in [0.1, 0.15) is 48.0 Å². The van der Waals surface area contributed by atoms with Crippen molar-refractivity contribution in [2.75, 3.05) is 20.2 Å². The SMILES string of the molecule is CN=C(N)NCCC[C@H](NC(=O)[C@H](CC(C)C)NC(=O)NNC(=O)[C@H](Cc1ccccc1)NC(=O)[C@H](CO)NC(=O)[C@H](CC(N)=O)NC(=O)[C@@H](Cc1c[nH]c2ccccc12)NC(=O)[C@@H](Cc1ccc(O)cc1)NC(C)=O)C(=O)N[C@@H](Cc1c[nH]c2ccccc12)C(C)=O. The normalized spacial score (nSPS) is 13.9. The van der Waals surface area contributed by atoms with Gasteiger partial charge in [-0.25, -0.2) is 10.2 Å². The minimum atomic E-state index is -1.86. The number of amides is 11. The quantitative estimate of drug-likeness (QED) is 0.0107. The number of hydrazine groups is 1. The van der Waals surface area contributed by atoms with E-state index >= 15 is 0 Å². The number of rotatable bonds is 33. The lowest BCUT2D eigenvalue weighted by Gasteiger charge is -2.27. The molecule has 0 aliphatic rings. The molecule has 0 unspecified atom stereocenters. The van der Waals surface area contributed by atoms with E-state index in [4.69, 9.17) is 11.5 Å². The summed E-state index contributed by atoms with van der Waals surface area (Å²) in [4.78, 5) is 161. The number of nitrogens with two attached hydrogens (primary N) is 2. The molecule has 93 heavy (non-hydrogen) atoms. The molecule has 496 valence electrons. The molecule has 29 nitrogen and oxygen atoms in total. The number of aromatic hydroxyl groups is 1. The molecule has 8 atom stereocenters. The molecule has 29 heteroatoms. The van der Waals surface area contributed by atoms with Crippen molar-refractivity contribution in [2.24, 2.45) is 22.4 Å². The third kappa shape index (κ3) is 22.3. The Morgan fingerprint density at radius 3 is 1.52 bits per heavy atom. The summed E-state index contributed by atoms with van der Waals surface area (Å²) in [6.45, 7) is 5.28. The van der Waals surface area contributed by atoms with Gasteiger partial charge >= 0.3 is 6.03 Å². The number of aliphatic hydroxyl groups is 1. The maximum atomic E-state index is 14.4. The Morgan fingerprint density at radius 1 is 0.505 bits per heavy atom. The minimum Gasteiger partial charge on any atom is -0.508 e. The van der Waals surface area contributed by atoms with Gasteiger partial charge in [0, 0.05) is 80.4 Å². The van der Waals surface area contributed by atoms with Crippen LogP contribution in [-0.2, 0) is 73.6 Å². The number of phenolic OH excluding ortho intramolecular Hbond substituents is 1. The van der Waals surface area contributed by atoms with Gasteiger partial charge in [-0.3, -0.25) is 58.4 Å². The van der Waals surface area contributed by atoms with Crippen LogP contribution in [0.2, 0.25) is 0 Å². The number of aliphatic hydroxyl groups excluding tert-OH is 1. The average Bonchev–Trinajstić information content (AvgIpc) is 1.86. The summed E-state index contributed by atoms with van der Waals surface area (Å²) in [6.07, 6.45) is 2.57.